The zero-order valence-corrected chi connectivity index (χ0v) is 19.2. The second-order valence-electron chi connectivity index (χ2n) is 8.36. The number of carbonyl (C=O) groups is 3. The summed E-state index contributed by atoms with van der Waals surface area (Å²) in [5, 5.41) is 2.30. The summed E-state index contributed by atoms with van der Waals surface area (Å²) in [5.74, 6) is -0.790. The summed E-state index contributed by atoms with van der Waals surface area (Å²) >= 11 is 1.32. The van der Waals surface area contributed by atoms with Crippen molar-refractivity contribution in [2.75, 3.05) is 6.61 Å². The van der Waals surface area contributed by atoms with Crippen molar-refractivity contribution in [3.63, 3.8) is 0 Å². The van der Waals surface area contributed by atoms with Crippen LogP contribution in [0.3, 0.4) is 0 Å². The fourth-order valence-corrected chi connectivity index (χ4v) is 4.30. The highest BCUT2D eigenvalue weighted by molar-refractivity contribution is 7.09. The molecule has 1 aromatic rings. The normalized spacial score (nSPS) is 16.6. The predicted molar refractivity (Wildman–Crippen MR) is 117 cm³/mol. The van der Waals surface area contributed by atoms with E-state index in [0.717, 1.165) is 16.8 Å². The molecule has 0 atom stereocenters. The maximum absolute atomic E-state index is 13.0. The lowest BCUT2D eigenvalue weighted by molar-refractivity contribution is -0.154. The Hall–Kier alpha value is -2.74. The SMILES string of the molecule is CCOC(=O)c1csc(CN2C(=O)CCC(CC(=O)OC(C)(C)C)=C3CC=CC=C32)n1. The minimum absolute atomic E-state index is 0.0360. The Balaban J connectivity index is 1.84. The van der Waals surface area contributed by atoms with Crippen LogP contribution in [0.1, 0.15) is 68.9 Å². The number of rotatable bonds is 6. The van der Waals surface area contributed by atoms with E-state index >= 15 is 0 Å². The molecule has 166 valence electrons. The quantitative estimate of drug-likeness (QED) is 0.608. The van der Waals surface area contributed by atoms with Crippen LogP contribution in [-0.4, -0.2) is 39.9 Å². The first-order valence-electron chi connectivity index (χ1n) is 10.4. The Labute approximate surface area is 186 Å². The van der Waals surface area contributed by atoms with Crippen LogP contribution < -0.4 is 0 Å². The molecular formula is C23H28N2O5S. The molecule has 3 rings (SSSR count). The minimum atomic E-state index is -0.554. The Morgan fingerprint density at radius 2 is 2.03 bits per heavy atom. The van der Waals surface area contributed by atoms with Gasteiger partial charge in [0.2, 0.25) is 5.91 Å². The largest absolute Gasteiger partial charge is 0.461 e. The van der Waals surface area contributed by atoms with E-state index in [9.17, 15) is 14.4 Å². The van der Waals surface area contributed by atoms with E-state index in [-0.39, 0.29) is 37.1 Å². The zero-order chi connectivity index (χ0) is 22.6. The second kappa shape index (κ2) is 9.60. The molecule has 31 heavy (non-hydrogen) atoms. The molecule has 0 fully saturated rings. The van der Waals surface area contributed by atoms with Gasteiger partial charge in [-0.2, -0.15) is 0 Å². The van der Waals surface area contributed by atoms with Gasteiger partial charge in [0, 0.05) is 17.5 Å². The van der Waals surface area contributed by atoms with Gasteiger partial charge in [0.25, 0.3) is 0 Å². The smallest absolute Gasteiger partial charge is 0.357 e. The van der Waals surface area contributed by atoms with E-state index in [1.165, 1.54) is 11.3 Å². The average Bonchev–Trinajstić information content (AvgIpc) is 3.12. The van der Waals surface area contributed by atoms with Crippen molar-refractivity contribution in [3.05, 3.63) is 51.2 Å². The highest BCUT2D eigenvalue weighted by Gasteiger charge is 2.30. The van der Waals surface area contributed by atoms with Crippen molar-refractivity contribution in [1.29, 1.82) is 0 Å². The third-order valence-corrected chi connectivity index (χ3v) is 5.62. The lowest BCUT2D eigenvalue weighted by Gasteiger charge is -2.26. The Morgan fingerprint density at radius 1 is 1.26 bits per heavy atom. The van der Waals surface area contributed by atoms with Crippen molar-refractivity contribution in [2.24, 2.45) is 0 Å². The molecule has 0 unspecified atom stereocenters. The van der Waals surface area contributed by atoms with E-state index < -0.39 is 11.6 Å². The third-order valence-electron chi connectivity index (χ3n) is 4.79. The van der Waals surface area contributed by atoms with Crippen molar-refractivity contribution in [2.45, 2.75) is 65.5 Å². The summed E-state index contributed by atoms with van der Waals surface area (Å²) in [6, 6.07) is 0. The van der Waals surface area contributed by atoms with Gasteiger partial charge >= 0.3 is 11.9 Å². The standard InChI is InChI=1S/C23H28N2O5S/c1-5-29-22(28)17-14-31-19(24-17)13-25-18-9-7-6-8-16(18)15(10-11-20(25)26)12-21(27)30-23(2,3)4/h6-7,9,14H,5,8,10-13H2,1-4H3. The van der Waals surface area contributed by atoms with Crippen LogP contribution in [0, 0.1) is 0 Å². The molecule has 1 amide bonds. The number of ether oxygens (including phenoxy) is 2. The number of carbonyl (C=O) groups excluding carboxylic acids is 3. The highest BCUT2D eigenvalue weighted by Crippen LogP contribution is 2.35. The Kier molecular flexibility index (Phi) is 7.10. The molecule has 2 heterocycles. The molecule has 2 aliphatic rings. The van der Waals surface area contributed by atoms with Crippen LogP contribution in [0.5, 0.6) is 0 Å². The van der Waals surface area contributed by atoms with Crippen LogP contribution in [-0.2, 0) is 25.6 Å². The van der Waals surface area contributed by atoms with E-state index in [1.807, 2.05) is 39.0 Å². The highest BCUT2D eigenvalue weighted by atomic mass is 32.1. The summed E-state index contributed by atoms with van der Waals surface area (Å²) in [7, 11) is 0. The molecule has 1 aliphatic carbocycles. The number of esters is 2. The number of hydrogen-bond donors (Lipinski definition) is 0. The maximum Gasteiger partial charge on any atom is 0.357 e. The van der Waals surface area contributed by atoms with Gasteiger partial charge in [0.15, 0.2) is 5.69 Å². The lowest BCUT2D eigenvalue weighted by Crippen LogP contribution is -2.29. The molecule has 0 saturated carbocycles. The molecule has 0 bridgehead atoms. The second-order valence-corrected chi connectivity index (χ2v) is 9.30. The van der Waals surface area contributed by atoms with E-state index in [2.05, 4.69) is 4.98 Å². The number of fused-ring (bicyclic) bond motifs is 1. The molecule has 1 aromatic heterocycles. The number of aromatic nitrogens is 1. The third kappa shape index (κ3) is 5.91. The molecule has 0 aromatic carbocycles. The first kappa shape index (κ1) is 22.9. The van der Waals surface area contributed by atoms with Crippen LogP contribution in [0.2, 0.25) is 0 Å². The summed E-state index contributed by atoms with van der Waals surface area (Å²) in [6.07, 6.45) is 7.47. The van der Waals surface area contributed by atoms with Gasteiger partial charge in [-0.25, -0.2) is 9.78 Å². The van der Waals surface area contributed by atoms with E-state index in [0.29, 0.717) is 24.3 Å². The summed E-state index contributed by atoms with van der Waals surface area (Å²) in [4.78, 5) is 43.4. The predicted octanol–water partition coefficient (Wildman–Crippen LogP) is 4.31. The first-order chi connectivity index (χ1) is 14.7. The van der Waals surface area contributed by atoms with Crippen molar-refractivity contribution in [3.8, 4) is 0 Å². The Bertz CT molecular complexity index is 965. The molecular weight excluding hydrogens is 416 g/mol. The maximum atomic E-state index is 13.0. The topological polar surface area (TPSA) is 85.8 Å². The van der Waals surface area contributed by atoms with Gasteiger partial charge in [0.05, 0.1) is 19.6 Å². The molecule has 0 N–H and O–H groups in total. The summed E-state index contributed by atoms with van der Waals surface area (Å²) in [5.41, 5.74) is 2.41. The molecule has 1 aliphatic heterocycles. The van der Waals surface area contributed by atoms with E-state index in [4.69, 9.17) is 9.47 Å². The summed E-state index contributed by atoms with van der Waals surface area (Å²) < 4.78 is 10.5. The monoisotopic (exact) mass is 444 g/mol. The van der Waals surface area contributed by atoms with Gasteiger partial charge in [-0.05, 0) is 52.2 Å². The Morgan fingerprint density at radius 3 is 2.74 bits per heavy atom. The van der Waals surface area contributed by atoms with Gasteiger partial charge in [0.1, 0.15) is 10.6 Å². The summed E-state index contributed by atoms with van der Waals surface area (Å²) in [6.45, 7) is 7.82. The van der Waals surface area contributed by atoms with Gasteiger partial charge in [-0.1, -0.05) is 17.7 Å². The van der Waals surface area contributed by atoms with Crippen LogP contribution in [0.15, 0.2) is 40.5 Å². The average molecular weight is 445 g/mol. The van der Waals surface area contributed by atoms with Crippen molar-refractivity contribution >= 4 is 29.2 Å². The number of amides is 1. The van der Waals surface area contributed by atoms with Crippen LogP contribution >= 0.6 is 11.3 Å². The van der Waals surface area contributed by atoms with Gasteiger partial charge in [-0.3, -0.25) is 9.59 Å². The molecule has 8 heteroatoms. The zero-order valence-electron chi connectivity index (χ0n) is 18.4. The van der Waals surface area contributed by atoms with Gasteiger partial charge in [-0.15, -0.1) is 11.3 Å². The van der Waals surface area contributed by atoms with Crippen LogP contribution in [0.25, 0.3) is 0 Å². The molecule has 0 spiro atoms. The van der Waals surface area contributed by atoms with Crippen molar-refractivity contribution < 1.29 is 23.9 Å². The first-order valence-corrected chi connectivity index (χ1v) is 11.3. The number of nitrogens with zero attached hydrogens (tertiary/aromatic N) is 2. The molecule has 0 saturated heterocycles. The fourth-order valence-electron chi connectivity index (χ4n) is 3.54. The van der Waals surface area contributed by atoms with Crippen molar-refractivity contribution in [1.82, 2.24) is 9.88 Å². The van der Waals surface area contributed by atoms with Crippen LogP contribution in [0.4, 0.5) is 0 Å². The fraction of sp³-hybridized carbons (Fsp3) is 0.478. The van der Waals surface area contributed by atoms with E-state index in [1.54, 1.807) is 17.2 Å². The number of allylic oxidation sites excluding steroid dienone is 4. The molecule has 0 radical (unpaired) electrons. The number of thiazole rings is 1. The van der Waals surface area contributed by atoms with Gasteiger partial charge < -0.3 is 14.4 Å². The number of hydrogen-bond acceptors (Lipinski definition) is 7. The minimum Gasteiger partial charge on any atom is -0.461 e. The molecule has 7 nitrogen and oxygen atoms in total. The lowest BCUT2D eigenvalue weighted by atomic mass is 9.94.